The predicted molar refractivity (Wildman–Crippen MR) is 82.5 cm³/mol. The summed E-state index contributed by atoms with van der Waals surface area (Å²) < 4.78 is 0. The number of nitrogens with two attached hydrogens (primary N) is 1. The molecule has 1 aliphatic heterocycles. The monoisotopic (exact) mass is 274 g/mol. The Morgan fingerprint density at radius 1 is 1.35 bits per heavy atom. The summed E-state index contributed by atoms with van der Waals surface area (Å²) >= 11 is 0. The number of nitrogens with zero attached hydrogens (tertiary/aromatic N) is 1. The van der Waals surface area contributed by atoms with Gasteiger partial charge in [0.25, 0.3) is 0 Å². The number of hydrogen-bond acceptors (Lipinski definition) is 2. The molecule has 0 saturated carbocycles. The van der Waals surface area contributed by atoms with Crippen molar-refractivity contribution >= 4 is 5.91 Å². The molecule has 20 heavy (non-hydrogen) atoms. The van der Waals surface area contributed by atoms with E-state index in [1.54, 1.807) is 0 Å². The Morgan fingerprint density at radius 2 is 2.05 bits per heavy atom. The topological polar surface area (TPSA) is 46.3 Å². The second-order valence-corrected chi connectivity index (χ2v) is 5.95. The molecule has 110 valence electrons. The standard InChI is InChI=1S/C17H26N2O/c1-3-15-12-19(11-10-16(15)18)17(20)9-8-14-6-4-13(2)5-7-14/h4-7,15-16H,3,8-12,18H2,1-2H3. The van der Waals surface area contributed by atoms with Crippen LogP contribution in [-0.4, -0.2) is 29.9 Å². The molecule has 2 unspecified atom stereocenters. The van der Waals surface area contributed by atoms with Gasteiger partial charge in [0.2, 0.25) is 5.91 Å². The molecule has 0 aromatic heterocycles. The zero-order valence-corrected chi connectivity index (χ0v) is 12.6. The third kappa shape index (κ3) is 3.83. The van der Waals surface area contributed by atoms with E-state index in [9.17, 15) is 4.79 Å². The Labute approximate surface area is 122 Å². The molecule has 0 bridgehead atoms. The van der Waals surface area contributed by atoms with Gasteiger partial charge in [-0.2, -0.15) is 0 Å². The number of piperidine rings is 1. The highest BCUT2D eigenvalue weighted by Gasteiger charge is 2.27. The number of amides is 1. The van der Waals surface area contributed by atoms with Crippen molar-refractivity contribution in [1.29, 1.82) is 0 Å². The van der Waals surface area contributed by atoms with Crippen LogP contribution in [0.4, 0.5) is 0 Å². The first-order valence-electron chi connectivity index (χ1n) is 7.69. The van der Waals surface area contributed by atoms with Crippen LogP contribution in [0.5, 0.6) is 0 Å². The van der Waals surface area contributed by atoms with Crippen LogP contribution in [0.25, 0.3) is 0 Å². The largest absolute Gasteiger partial charge is 0.342 e. The third-order valence-corrected chi connectivity index (χ3v) is 4.42. The van der Waals surface area contributed by atoms with Crippen LogP contribution >= 0.6 is 0 Å². The van der Waals surface area contributed by atoms with Gasteiger partial charge in [-0.15, -0.1) is 0 Å². The summed E-state index contributed by atoms with van der Waals surface area (Å²) in [7, 11) is 0. The molecule has 2 N–H and O–H groups in total. The van der Waals surface area contributed by atoms with Crippen molar-refractivity contribution in [3.63, 3.8) is 0 Å². The average Bonchev–Trinajstić information content (AvgIpc) is 2.47. The highest BCUT2D eigenvalue weighted by Crippen LogP contribution is 2.19. The lowest BCUT2D eigenvalue weighted by molar-refractivity contribution is -0.133. The van der Waals surface area contributed by atoms with Crippen molar-refractivity contribution in [2.24, 2.45) is 11.7 Å². The van der Waals surface area contributed by atoms with Gasteiger partial charge in [-0.25, -0.2) is 0 Å². The van der Waals surface area contributed by atoms with Crippen molar-refractivity contribution < 1.29 is 4.79 Å². The number of carbonyl (C=O) groups excluding carboxylic acids is 1. The number of likely N-dealkylation sites (tertiary alicyclic amines) is 1. The number of benzene rings is 1. The highest BCUT2D eigenvalue weighted by atomic mass is 16.2. The van der Waals surface area contributed by atoms with Crippen LogP contribution in [-0.2, 0) is 11.2 Å². The van der Waals surface area contributed by atoms with Crippen LogP contribution in [0, 0.1) is 12.8 Å². The maximum Gasteiger partial charge on any atom is 0.222 e. The summed E-state index contributed by atoms with van der Waals surface area (Å²) in [5.41, 5.74) is 8.59. The molecule has 0 radical (unpaired) electrons. The molecule has 1 heterocycles. The quantitative estimate of drug-likeness (QED) is 0.917. The smallest absolute Gasteiger partial charge is 0.222 e. The third-order valence-electron chi connectivity index (χ3n) is 4.42. The van der Waals surface area contributed by atoms with Gasteiger partial charge in [-0.05, 0) is 31.2 Å². The van der Waals surface area contributed by atoms with Gasteiger partial charge in [-0.1, -0.05) is 43.2 Å². The van der Waals surface area contributed by atoms with E-state index in [0.717, 1.165) is 32.4 Å². The van der Waals surface area contributed by atoms with Crippen LogP contribution in [0.3, 0.4) is 0 Å². The number of aryl methyl sites for hydroxylation is 2. The first-order valence-corrected chi connectivity index (χ1v) is 7.69. The van der Waals surface area contributed by atoms with Gasteiger partial charge in [0.1, 0.15) is 0 Å². The Kier molecular flexibility index (Phi) is 5.18. The fraction of sp³-hybridized carbons (Fsp3) is 0.588. The van der Waals surface area contributed by atoms with Crippen LogP contribution in [0.2, 0.25) is 0 Å². The van der Waals surface area contributed by atoms with Gasteiger partial charge in [0, 0.05) is 25.6 Å². The Bertz CT molecular complexity index is 441. The van der Waals surface area contributed by atoms with Gasteiger partial charge < -0.3 is 10.6 Å². The van der Waals surface area contributed by atoms with Crippen molar-refractivity contribution in [3.8, 4) is 0 Å². The number of carbonyl (C=O) groups is 1. The SMILES string of the molecule is CCC1CN(C(=O)CCc2ccc(C)cc2)CCC1N. The van der Waals surface area contributed by atoms with Gasteiger partial charge in [0.15, 0.2) is 0 Å². The Morgan fingerprint density at radius 3 is 2.70 bits per heavy atom. The van der Waals surface area contributed by atoms with E-state index in [1.807, 2.05) is 4.90 Å². The molecule has 0 aliphatic carbocycles. The van der Waals surface area contributed by atoms with Crippen LogP contribution in [0.1, 0.15) is 37.3 Å². The summed E-state index contributed by atoms with van der Waals surface area (Å²) in [5.74, 6) is 0.739. The summed E-state index contributed by atoms with van der Waals surface area (Å²) in [6, 6.07) is 8.70. The first-order chi connectivity index (χ1) is 9.60. The molecule has 3 nitrogen and oxygen atoms in total. The zero-order chi connectivity index (χ0) is 14.5. The Balaban J connectivity index is 1.84. The van der Waals surface area contributed by atoms with Gasteiger partial charge >= 0.3 is 0 Å². The molecule has 1 fully saturated rings. The maximum absolute atomic E-state index is 12.3. The normalized spacial score (nSPS) is 22.9. The molecule has 1 saturated heterocycles. The lowest BCUT2D eigenvalue weighted by atomic mass is 9.90. The summed E-state index contributed by atoms with van der Waals surface area (Å²) in [6.45, 7) is 5.90. The summed E-state index contributed by atoms with van der Waals surface area (Å²) in [6.07, 6.45) is 3.44. The maximum atomic E-state index is 12.3. The van der Waals surface area contributed by atoms with Crippen molar-refractivity contribution in [2.75, 3.05) is 13.1 Å². The van der Waals surface area contributed by atoms with Crippen molar-refractivity contribution in [2.45, 2.75) is 45.6 Å². The molecule has 2 atom stereocenters. The molecule has 1 amide bonds. The molecule has 1 aliphatic rings. The van der Waals surface area contributed by atoms with E-state index >= 15 is 0 Å². The second-order valence-electron chi connectivity index (χ2n) is 5.95. The lowest BCUT2D eigenvalue weighted by Crippen LogP contribution is -2.49. The second kappa shape index (κ2) is 6.89. The fourth-order valence-electron chi connectivity index (χ4n) is 2.87. The molecular weight excluding hydrogens is 248 g/mol. The Hall–Kier alpha value is -1.35. The first kappa shape index (κ1) is 15.0. The van der Waals surface area contributed by atoms with E-state index in [-0.39, 0.29) is 11.9 Å². The minimum absolute atomic E-state index is 0.265. The number of hydrogen-bond donors (Lipinski definition) is 1. The van der Waals surface area contributed by atoms with E-state index < -0.39 is 0 Å². The van der Waals surface area contributed by atoms with E-state index in [2.05, 4.69) is 38.1 Å². The van der Waals surface area contributed by atoms with Crippen LogP contribution < -0.4 is 5.73 Å². The minimum Gasteiger partial charge on any atom is -0.342 e. The summed E-state index contributed by atoms with van der Waals surface area (Å²) in [4.78, 5) is 14.3. The van der Waals surface area contributed by atoms with Gasteiger partial charge in [-0.3, -0.25) is 4.79 Å². The molecule has 0 spiro atoms. The van der Waals surface area contributed by atoms with E-state index in [1.165, 1.54) is 11.1 Å². The molecule has 1 aromatic carbocycles. The fourth-order valence-corrected chi connectivity index (χ4v) is 2.87. The molecule has 3 heteroatoms. The highest BCUT2D eigenvalue weighted by molar-refractivity contribution is 5.76. The number of rotatable bonds is 4. The van der Waals surface area contributed by atoms with Gasteiger partial charge in [0.05, 0.1) is 0 Å². The summed E-state index contributed by atoms with van der Waals surface area (Å²) in [5, 5.41) is 0. The molecule has 1 aromatic rings. The van der Waals surface area contributed by atoms with E-state index in [0.29, 0.717) is 12.3 Å². The van der Waals surface area contributed by atoms with Crippen molar-refractivity contribution in [1.82, 2.24) is 4.90 Å². The lowest BCUT2D eigenvalue weighted by Gasteiger charge is -2.36. The van der Waals surface area contributed by atoms with Crippen molar-refractivity contribution in [3.05, 3.63) is 35.4 Å². The molecular formula is C17H26N2O. The van der Waals surface area contributed by atoms with Crippen LogP contribution in [0.15, 0.2) is 24.3 Å². The predicted octanol–water partition coefficient (Wildman–Crippen LogP) is 2.51. The van der Waals surface area contributed by atoms with E-state index in [4.69, 9.17) is 5.73 Å². The minimum atomic E-state index is 0.265. The molecule has 2 rings (SSSR count). The zero-order valence-electron chi connectivity index (χ0n) is 12.6. The average molecular weight is 274 g/mol.